The third kappa shape index (κ3) is 2.42. The average molecular weight is 326 g/mol. The summed E-state index contributed by atoms with van der Waals surface area (Å²) >= 11 is -2.86. The van der Waals surface area contributed by atoms with Gasteiger partial charge in [-0.1, -0.05) is 0 Å². The molecule has 0 fully saturated rings. The van der Waals surface area contributed by atoms with Gasteiger partial charge >= 0.3 is 101 Å². The molecule has 0 unspecified atom stereocenters. The molecule has 0 aromatic heterocycles. The maximum absolute atomic E-state index is 6.52. The van der Waals surface area contributed by atoms with E-state index in [-0.39, 0.29) is 0 Å². The first-order valence-corrected chi connectivity index (χ1v) is 10.7. The fraction of sp³-hybridized carbons (Fsp3) is 0. The molecule has 0 saturated carbocycles. The van der Waals surface area contributed by atoms with Crippen molar-refractivity contribution in [2.24, 2.45) is 0 Å². The van der Waals surface area contributed by atoms with Crippen LogP contribution in [-0.2, 0) is 12.8 Å². The van der Waals surface area contributed by atoms with Crippen LogP contribution >= 0.6 is 19.4 Å². The van der Waals surface area contributed by atoms with Crippen LogP contribution in [0.4, 0.5) is 0 Å². The number of halogens is 2. The quantitative estimate of drug-likeness (QED) is 0.744. The predicted molar refractivity (Wildman–Crippen MR) is 63.9 cm³/mol. The molecular weight excluding hydrogens is 316 g/mol. The van der Waals surface area contributed by atoms with Crippen LogP contribution in [0, 0.1) is 0 Å². The van der Waals surface area contributed by atoms with E-state index in [0.29, 0.717) is 0 Å². The summed E-state index contributed by atoms with van der Waals surface area (Å²) in [4.78, 5) is 0. The van der Waals surface area contributed by atoms with Crippen LogP contribution in [0.1, 0.15) is 0 Å². The Morgan fingerprint density at radius 3 is 1.27 bits per heavy atom. The third-order valence-electron chi connectivity index (χ3n) is 1.96. The van der Waals surface area contributed by atoms with Crippen molar-refractivity contribution in [3.05, 3.63) is 60.7 Å². The van der Waals surface area contributed by atoms with Gasteiger partial charge in [-0.2, -0.15) is 0 Å². The van der Waals surface area contributed by atoms with Crippen molar-refractivity contribution < 1.29 is 12.8 Å². The van der Waals surface area contributed by atoms with Crippen molar-refractivity contribution in [2.45, 2.75) is 0 Å². The van der Waals surface area contributed by atoms with E-state index in [9.17, 15) is 0 Å². The summed E-state index contributed by atoms with van der Waals surface area (Å²) in [5.41, 5.74) is 0. The van der Waals surface area contributed by atoms with Crippen LogP contribution in [0.5, 0.6) is 0 Å². The Labute approximate surface area is 101 Å². The minimum absolute atomic E-state index is 1.06. The summed E-state index contributed by atoms with van der Waals surface area (Å²) in [6.45, 7) is 0. The first-order valence-electron chi connectivity index (χ1n) is 4.44. The second kappa shape index (κ2) is 4.66. The second-order valence-electron chi connectivity index (χ2n) is 2.97. The summed E-state index contributed by atoms with van der Waals surface area (Å²) < 4.78 is 2.12. The third-order valence-corrected chi connectivity index (χ3v) is 9.29. The molecule has 0 spiro atoms. The Morgan fingerprint density at radius 1 is 0.600 bits per heavy atom. The van der Waals surface area contributed by atoms with E-state index in [4.69, 9.17) is 19.4 Å². The van der Waals surface area contributed by atoms with Crippen molar-refractivity contribution in [1.29, 1.82) is 0 Å². The van der Waals surface area contributed by atoms with Gasteiger partial charge in [0, 0.05) is 0 Å². The molecule has 0 saturated heterocycles. The zero-order chi connectivity index (χ0) is 10.7. The number of hydrogen-bond acceptors (Lipinski definition) is 0. The Kier molecular flexibility index (Phi) is 3.46. The molecule has 0 aliphatic carbocycles. The Morgan fingerprint density at radius 2 is 0.933 bits per heavy atom. The standard InChI is InChI=1S/2C6H5.2ClH.Ru/c2*1-2-4-6-5-3-1;;;/h2*1-5H;2*1H;/q;;;;+2/p-2. The average Bonchev–Trinajstić information content (AvgIpc) is 2.31. The number of benzene rings is 2. The molecular formula is C12H10Cl2Ru. The van der Waals surface area contributed by atoms with Crippen molar-refractivity contribution >= 4 is 27.7 Å². The minimum atomic E-state index is -2.86. The van der Waals surface area contributed by atoms with Crippen molar-refractivity contribution in [1.82, 2.24) is 0 Å². The van der Waals surface area contributed by atoms with Crippen LogP contribution in [0.2, 0.25) is 0 Å². The molecule has 3 heteroatoms. The number of hydrogen-bond donors (Lipinski definition) is 0. The SMILES string of the molecule is [Cl][Ru]([Cl])([c]1ccccc1)[c]1ccccc1. The molecule has 0 amide bonds. The molecule has 2 aromatic carbocycles. The van der Waals surface area contributed by atoms with Gasteiger partial charge in [0.05, 0.1) is 0 Å². The van der Waals surface area contributed by atoms with E-state index in [1.165, 1.54) is 0 Å². The Balaban J connectivity index is 2.44. The normalized spacial score (nSPS) is 12.4. The van der Waals surface area contributed by atoms with Gasteiger partial charge in [0.2, 0.25) is 0 Å². The van der Waals surface area contributed by atoms with E-state index in [1.807, 2.05) is 60.7 Å². The summed E-state index contributed by atoms with van der Waals surface area (Å²) in [7, 11) is 13.0. The molecule has 0 heterocycles. The maximum atomic E-state index is 6.52. The van der Waals surface area contributed by atoms with Gasteiger partial charge < -0.3 is 0 Å². The molecule has 0 aliphatic rings. The van der Waals surface area contributed by atoms with Crippen LogP contribution in [0.15, 0.2) is 60.7 Å². The van der Waals surface area contributed by atoms with Crippen molar-refractivity contribution in [2.75, 3.05) is 0 Å². The summed E-state index contributed by atoms with van der Waals surface area (Å²) in [5, 5.41) is 0. The van der Waals surface area contributed by atoms with Crippen LogP contribution in [-0.4, -0.2) is 0 Å². The van der Waals surface area contributed by atoms with E-state index in [2.05, 4.69) is 0 Å². The van der Waals surface area contributed by atoms with Gasteiger partial charge in [0.1, 0.15) is 0 Å². The van der Waals surface area contributed by atoms with Gasteiger partial charge in [0.15, 0.2) is 0 Å². The number of rotatable bonds is 2. The molecule has 0 nitrogen and oxygen atoms in total. The van der Waals surface area contributed by atoms with Gasteiger partial charge in [-0.05, 0) is 0 Å². The van der Waals surface area contributed by atoms with Crippen molar-refractivity contribution in [3.63, 3.8) is 0 Å². The molecule has 0 N–H and O–H groups in total. The molecule has 2 aromatic rings. The molecule has 15 heavy (non-hydrogen) atoms. The monoisotopic (exact) mass is 326 g/mol. The fourth-order valence-electron chi connectivity index (χ4n) is 1.23. The fourth-order valence-corrected chi connectivity index (χ4v) is 6.05. The van der Waals surface area contributed by atoms with Gasteiger partial charge in [-0.15, -0.1) is 0 Å². The summed E-state index contributed by atoms with van der Waals surface area (Å²) in [6.07, 6.45) is 0. The van der Waals surface area contributed by atoms with Gasteiger partial charge in [-0.3, -0.25) is 0 Å². The van der Waals surface area contributed by atoms with Gasteiger partial charge in [-0.25, -0.2) is 0 Å². The zero-order valence-corrected chi connectivity index (χ0v) is 11.1. The molecule has 0 radical (unpaired) electrons. The van der Waals surface area contributed by atoms with E-state index in [1.54, 1.807) is 0 Å². The molecule has 0 atom stereocenters. The molecule has 0 aliphatic heterocycles. The van der Waals surface area contributed by atoms with E-state index >= 15 is 0 Å². The van der Waals surface area contributed by atoms with Crippen LogP contribution in [0.3, 0.4) is 0 Å². The van der Waals surface area contributed by atoms with Crippen molar-refractivity contribution in [3.8, 4) is 0 Å². The Bertz CT molecular complexity index is 384. The van der Waals surface area contributed by atoms with Crippen LogP contribution in [0.25, 0.3) is 0 Å². The van der Waals surface area contributed by atoms with Gasteiger partial charge in [0.25, 0.3) is 0 Å². The first-order chi connectivity index (χ1) is 7.21. The van der Waals surface area contributed by atoms with E-state index < -0.39 is 12.8 Å². The molecule has 0 bridgehead atoms. The molecule has 2 rings (SSSR count). The van der Waals surface area contributed by atoms with E-state index in [0.717, 1.165) is 8.32 Å². The second-order valence-corrected chi connectivity index (χ2v) is 12.5. The molecule has 80 valence electrons. The van der Waals surface area contributed by atoms with Crippen LogP contribution < -0.4 is 8.32 Å². The predicted octanol–water partition coefficient (Wildman–Crippen LogP) is 3.10. The Hall–Kier alpha value is -0.357. The topological polar surface area (TPSA) is 0 Å². The summed E-state index contributed by atoms with van der Waals surface area (Å²) in [5.74, 6) is 0. The zero-order valence-electron chi connectivity index (χ0n) is 7.88. The first kappa shape index (κ1) is 11.1. The summed E-state index contributed by atoms with van der Waals surface area (Å²) in [6, 6.07) is 19.8.